The molecule has 1 aliphatic rings. The maximum absolute atomic E-state index is 11.0. The molecule has 62 valence electrons. The van der Waals surface area contributed by atoms with E-state index in [0.29, 0.717) is 11.8 Å². The summed E-state index contributed by atoms with van der Waals surface area (Å²) in [5.41, 5.74) is 7.84. The Morgan fingerprint density at radius 2 is 2.73 bits per heavy atom. The largest absolute Gasteiger partial charge is 0.464 e. The van der Waals surface area contributed by atoms with E-state index in [2.05, 4.69) is 10.5 Å². The van der Waals surface area contributed by atoms with Crippen molar-refractivity contribution in [1.82, 2.24) is 5.43 Å². The minimum atomic E-state index is -0.463. The predicted molar refractivity (Wildman–Crippen MR) is 42.8 cm³/mol. The molecule has 0 aromatic carbocycles. The number of ether oxygens (including phenoxy) is 1. The summed E-state index contributed by atoms with van der Waals surface area (Å²) in [6.07, 6.45) is 0. The molecule has 0 aliphatic carbocycles. The monoisotopic (exact) mass is 175 g/mol. The lowest BCUT2D eigenvalue weighted by molar-refractivity contribution is -0.142. The lowest BCUT2D eigenvalue weighted by atomic mass is 10.6. The first-order chi connectivity index (χ1) is 5.24. The molecule has 11 heavy (non-hydrogen) atoms. The Bertz CT molecular complexity index is 194. The number of hydrazone groups is 1. The number of thioether (sulfide) groups is 1. The van der Waals surface area contributed by atoms with Gasteiger partial charge in [0, 0.05) is 0 Å². The van der Waals surface area contributed by atoms with Crippen molar-refractivity contribution in [3.8, 4) is 0 Å². The van der Waals surface area contributed by atoms with Gasteiger partial charge in [0.25, 0.3) is 0 Å². The normalized spacial score (nSPS) is 22.3. The van der Waals surface area contributed by atoms with Crippen LogP contribution in [0.4, 0.5) is 0 Å². The molecule has 1 aliphatic heterocycles. The van der Waals surface area contributed by atoms with Crippen molar-refractivity contribution in [1.29, 1.82) is 0 Å². The molecule has 5 nitrogen and oxygen atoms in total. The molecule has 0 radical (unpaired) electrons. The van der Waals surface area contributed by atoms with E-state index in [1.165, 1.54) is 0 Å². The van der Waals surface area contributed by atoms with Crippen molar-refractivity contribution in [3.05, 3.63) is 0 Å². The molecule has 0 aromatic rings. The molecule has 0 saturated heterocycles. The fourth-order valence-corrected chi connectivity index (χ4v) is 1.23. The third-order valence-electron chi connectivity index (χ3n) is 1.03. The van der Waals surface area contributed by atoms with Crippen molar-refractivity contribution >= 4 is 22.9 Å². The smallest absolute Gasteiger partial charge is 0.341 e. The average molecular weight is 175 g/mol. The average Bonchev–Trinajstić information content (AvgIpc) is 2.36. The fraction of sp³-hybridized carbons (Fsp3) is 0.600. The van der Waals surface area contributed by atoms with Crippen LogP contribution in [0.3, 0.4) is 0 Å². The van der Waals surface area contributed by atoms with E-state index in [1.54, 1.807) is 6.92 Å². The molecule has 6 heteroatoms. The highest BCUT2D eigenvalue weighted by atomic mass is 32.2. The standard InChI is InChI=1S/C5H9N3O2S/c1-2-10-4(9)3-7-8-5(6)11-3/h3,7H,2H2,1H3,(H2,6,8)/t3-/m1/s1. The van der Waals surface area contributed by atoms with Crippen molar-refractivity contribution in [2.24, 2.45) is 10.8 Å². The van der Waals surface area contributed by atoms with E-state index in [-0.39, 0.29) is 5.97 Å². The number of carbonyl (C=O) groups excluding carboxylic acids is 1. The van der Waals surface area contributed by atoms with E-state index in [4.69, 9.17) is 10.5 Å². The summed E-state index contributed by atoms with van der Waals surface area (Å²) >= 11 is 1.16. The van der Waals surface area contributed by atoms with Gasteiger partial charge >= 0.3 is 5.97 Å². The van der Waals surface area contributed by atoms with E-state index in [0.717, 1.165) is 11.8 Å². The van der Waals surface area contributed by atoms with Gasteiger partial charge in [-0.1, -0.05) is 0 Å². The number of nitrogens with two attached hydrogens (primary N) is 1. The van der Waals surface area contributed by atoms with Gasteiger partial charge in [0.1, 0.15) is 0 Å². The summed E-state index contributed by atoms with van der Waals surface area (Å²) in [4.78, 5) is 11.0. The van der Waals surface area contributed by atoms with E-state index in [9.17, 15) is 4.79 Å². The highest BCUT2D eigenvalue weighted by Gasteiger charge is 2.25. The maximum Gasteiger partial charge on any atom is 0.341 e. The first-order valence-corrected chi connectivity index (χ1v) is 4.04. The molecule has 3 N–H and O–H groups in total. The number of nitrogens with zero attached hydrogens (tertiary/aromatic N) is 1. The number of hydrogen-bond acceptors (Lipinski definition) is 6. The minimum Gasteiger partial charge on any atom is -0.464 e. The van der Waals surface area contributed by atoms with Gasteiger partial charge in [-0.15, -0.1) is 0 Å². The van der Waals surface area contributed by atoms with Gasteiger partial charge in [-0.05, 0) is 18.7 Å². The number of nitrogens with one attached hydrogen (secondary N) is 1. The Labute approximate surface area is 68.3 Å². The molecule has 0 saturated carbocycles. The second kappa shape index (κ2) is 3.47. The lowest BCUT2D eigenvalue weighted by Gasteiger charge is -2.06. The Hall–Kier alpha value is -0.910. The van der Waals surface area contributed by atoms with Gasteiger partial charge in [0.15, 0.2) is 10.5 Å². The molecule has 0 fully saturated rings. The van der Waals surface area contributed by atoms with E-state index < -0.39 is 5.37 Å². The van der Waals surface area contributed by atoms with Crippen molar-refractivity contribution in [2.75, 3.05) is 6.61 Å². The summed E-state index contributed by atoms with van der Waals surface area (Å²) in [6.45, 7) is 2.12. The Balaban J connectivity index is 2.34. The number of esters is 1. The van der Waals surface area contributed by atoms with Crippen LogP contribution in [0.5, 0.6) is 0 Å². The van der Waals surface area contributed by atoms with Gasteiger partial charge in [-0.25, -0.2) is 4.79 Å². The van der Waals surface area contributed by atoms with Gasteiger partial charge in [-0.3, -0.25) is 5.43 Å². The predicted octanol–water partition coefficient (Wildman–Crippen LogP) is -0.558. The quantitative estimate of drug-likeness (QED) is 0.550. The summed E-state index contributed by atoms with van der Waals surface area (Å²) in [7, 11) is 0. The highest BCUT2D eigenvalue weighted by molar-refractivity contribution is 8.15. The molecule has 0 spiro atoms. The highest BCUT2D eigenvalue weighted by Crippen LogP contribution is 2.14. The zero-order valence-electron chi connectivity index (χ0n) is 6.03. The second-order valence-electron chi connectivity index (χ2n) is 1.83. The Morgan fingerprint density at radius 1 is 2.00 bits per heavy atom. The topological polar surface area (TPSA) is 76.7 Å². The maximum atomic E-state index is 11.0. The van der Waals surface area contributed by atoms with Crippen LogP contribution in [0, 0.1) is 0 Å². The first kappa shape index (κ1) is 8.19. The van der Waals surface area contributed by atoms with Crippen LogP contribution < -0.4 is 11.2 Å². The number of amidine groups is 1. The van der Waals surface area contributed by atoms with E-state index in [1.807, 2.05) is 0 Å². The van der Waals surface area contributed by atoms with Crippen molar-refractivity contribution in [3.63, 3.8) is 0 Å². The van der Waals surface area contributed by atoms with Gasteiger partial charge < -0.3 is 10.5 Å². The zero-order chi connectivity index (χ0) is 8.27. The summed E-state index contributed by atoms with van der Waals surface area (Å²) in [5, 5.41) is 3.53. The molecule has 1 rings (SSSR count). The molecule has 0 aromatic heterocycles. The molecular weight excluding hydrogens is 166 g/mol. The van der Waals surface area contributed by atoms with Crippen molar-refractivity contribution in [2.45, 2.75) is 12.3 Å². The third kappa shape index (κ3) is 2.01. The van der Waals surface area contributed by atoms with E-state index >= 15 is 0 Å². The first-order valence-electron chi connectivity index (χ1n) is 3.16. The molecule has 0 bridgehead atoms. The third-order valence-corrected chi connectivity index (χ3v) is 1.90. The SMILES string of the molecule is CCOC(=O)[C@@H]1NN=C(N)S1. The van der Waals surface area contributed by atoms with Crippen LogP contribution >= 0.6 is 11.8 Å². The molecule has 1 heterocycles. The fourth-order valence-electron chi connectivity index (χ4n) is 0.614. The van der Waals surface area contributed by atoms with Crippen LogP contribution in [0.2, 0.25) is 0 Å². The molecule has 1 atom stereocenters. The van der Waals surface area contributed by atoms with Crippen LogP contribution in [0.1, 0.15) is 6.92 Å². The van der Waals surface area contributed by atoms with Crippen LogP contribution in [0.15, 0.2) is 5.10 Å². The van der Waals surface area contributed by atoms with Gasteiger partial charge in [-0.2, -0.15) is 5.10 Å². The summed E-state index contributed by atoms with van der Waals surface area (Å²) in [6, 6.07) is 0. The van der Waals surface area contributed by atoms with Crippen molar-refractivity contribution < 1.29 is 9.53 Å². The number of carbonyl (C=O) groups is 1. The van der Waals surface area contributed by atoms with Crippen LogP contribution in [0.25, 0.3) is 0 Å². The number of rotatable bonds is 2. The summed E-state index contributed by atoms with van der Waals surface area (Å²) in [5.74, 6) is -0.332. The summed E-state index contributed by atoms with van der Waals surface area (Å²) < 4.78 is 4.72. The molecular formula is C5H9N3O2S. The second-order valence-corrected chi connectivity index (χ2v) is 2.95. The van der Waals surface area contributed by atoms with Crippen LogP contribution in [-0.4, -0.2) is 23.1 Å². The lowest BCUT2D eigenvalue weighted by Crippen LogP contribution is -2.28. The van der Waals surface area contributed by atoms with Gasteiger partial charge in [0.2, 0.25) is 0 Å². The van der Waals surface area contributed by atoms with Crippen LogP contribution in [-0.2, 0) is 9.53 Å². The zero-order valence-corrected chi connectivity index (χ0v) is 6.85. The molecule has 0 unspecified atom stereocenters. The Kier molecular flexibility index (Phi) is 2.58. The van der Waals surface area contributed by atoms with Gasteiger partial charge in [0.05, 0.1) is 6.61 Å². The number of hydrogen-bond donors (Lipinski definition) is 2. The Morgan fingerprint density at radius 3 is 3.18 bits per heavy atom. The minimum absolute atomic E-state index is 0.332. The molecule has 0 amide bonds.